The molecule has 0 radical (unpaired) electrons. The molecule has 18 heavy (non-hydrogen) atoms. The number of nitrogens with one attached hydrogen (secondary N) is 2. The zero-order valence-corrected chi connectivity index (χ0v) is 12.0. The molecule has 2 N–H and O–H groups in total. The topological polar surface area (TPSA) is 58.2 Å². The monoisotopic (exact) mass is 288 g/mol. The van der Waals surface area contributed by atoms with Crippen LogP contribution in [0.15, 0.2) is 17.0 Å². The van der Waals surface area contributed by atoms with Crippen LogP contribution in [0.25, 0.3) is 0 Å². The van der Waals surface area contributed by atoms with Gasteiger partial charge in [0.25, 0.3) is 0 Å². The van der Waals surface area contributed by atoms with Gasteiger partial charge in [-0.3, -0.25) is 0 Å². The molecule has 0 atom stereocenters. The molecule has 1 aromatic carbocycles. The Morgan fingerprint density at radius 1 is 1.39 bits per heavy atom. The summed E-state index contributed by atoms with van der Waals surface area (Å²) in [5.41, 5.74) is 1.69. The molecule has 1 fully saturated rings. The molecule has 0 unspecified atom stereocenters. The minimum atomic E-state index is -3.46. The Morgan fingerprint density at radius 3 is 2.61 bits per heavy atom. The molecule has 1 aliphatic rings. The fraction of sp³-hybridized carbons (Fsp3) is 0.500. The molecule has 0 bridgehead atoms. The summed E-state index contributed by atoms with van der Waals surface area (Å²) in [6.07, 6.45) is 2.39. The number of halogens is 1. The van der Waals surface area contributed by atoms with E-state index in [2.05, 4.69) is 10.0 Å². The van der Waals surface area contributed by atoms with Gasteiger partial charge in [-0.15, -0.1) is 0 Å². The van der Waals surface area contributed by atoms with Gasteiger partial charge in [-0.05, 0) is 50.1 Å². The van der Waals surface area contributed by atoms with Gasteiger partial charge in [0.05, 0.1) is 4.90 Å². The van der Waals surface area contributed by atoms with E-state index in [1.165, 1.54) is 26.0 Å². The Hall–Kier alpha value is -0.620. The lowest BCUT2D eigenvalue weighted by atomic mass is 10.1. The van der Waals surface area contributed by atoms with Gasteiger partial charge in [0.15, 0.2) is 0 Å². The lowest BCUT2D eigenvalue weighted by Crippen LogP contribution is -2.21. The Morgan fingerprint density at radius 2 is 2.06 bits per heavy atom. The lowest BCUT2D eigenvalue weighted by Gasteiger charge is -2.13. The van der Waals surface area contributed by atoms with Gasteiger partial charge in [-0.1, -0.05) is 11.6 Å². The second-order valence-corrected chi connectivity index (χ2v) is 6.84. The minimum Gasteiger partial charge on any atom is -0.310 e. The van der Waals surface area contributed by atoms with Gasteiger partial charge in [0.2, 0.25) is 10.0 Å². The average molecular weight is 289 g/mol. The van der Waals surface area contributed by atoms with E-state index in [1.807, 2.05) is 13.0 Å². The number of sulfonamides is 1. The number of rotatable bonds is 5. The van der Waals surface area contributed by atoms with E-state index in [4.69, 9.17) is 11.6 Å². The van der Waals surface area contributed by atoms with Crippen LogP contribution in [-0.4, -0.2) is 21.5 Å². The van der Waals surface area contributed by atoms with Crippen molar-refractivity contribution in [1.29, 1.82) is 0 Å². The first-order valence-corrected chi connectivity index (χ1v) is 7.76. The van der Waals surface area contributed by atoms with Crippen molar-refractivity contribution in [2.75, 3.05) is 7.05 Å². The van der Waals surface area contributed by atoms with Crippen LogP contribution < -0.4 is 10.0 Å². The Bertz CT molecular complexity index is 553. The molecule has 0 spiro atoms. The van der Waals surface area contributed by atoms with E-state index in [0.717, 1.165) is 11.1 Å². The van der Waals surface area contributed by atoms with Crippen LogP contribution >= 0.6 is 11.6 Å². The van der Waals surface area contributed by atoms with Crippen LogP contribution in [0.4, 0.5) is 0 Å². The highest BCUT2D eigenvalue weighted by molar-refractivity contribution is 7.89. The number of benzene rings is 1. The molecular weight excluding hydrogens is 272 g/mol. The Labute approximate surface area is 113 Å². The summed E-state index contributed by atoms with van der Waals surface area (Å²) in [7, 11) is -2.06. The quantitative estimate of drug-likeness (QED) is 0.869. The summed E-state index contributed by atoms with van der Waals surface area (Å²) in [6, 6.07) is 3.89. The van der Waals surface area contributed by atoms with Crippen LogP contribution in [0.1, 0.15) is 24.0 Å². The molecule has 1 aliphatic carbocycles. The summed E-state index contributed by atoms with van der Waals surface area (Å²) in [6.45, 7) is 2.47. The standard InChI is InChI=1S/C12H17ClN2O2S/c1-8-9(7-15-11-3-4-11)5-10(13)6-12(8)18(16,17)14-2/h5-6,11,14-15H,3-4,7H2,1-2H3. The maximum absolute atomic E-state index is 11.9. The van der Waals surface area contributed by atoms with Crippen molar-refractivity contribution in [3.63, 3.8) is 0 Å². The Balaban J connectivity index is 2.35. The third-order valence-corrected chi connectivity index (χ3v) is 4.91. The number of hydrogen-bond acceptors (Lipinski definition) is 3. The molecule has 0 amide bonds. The summed E-state index contributed by atoms with van der Waals surface area (Å²) in [5.74, 6) is 0. The second-order valence-electron chi connectivity index (χ2n) is 4.55. The highest BCUT2D eigenvalue weighted by atomic mass is 35.5. The zero-order chi connectivity index (χ0) is 13.3. The van der Waals surface area contributed by atoms with Crippen LogP contribution in [0, 0.1) is 6.92 Å². The van der Waals surface area contributed by atoms with Crippen molar-refractivity contribution < 1.29 is 8.42 Å². The first-order chi connectivity index (χ1) is 8.44. The maximum atomic E-state index is 11.9. The third kappa shape index (κ3) is 3.03. The van der Waals surface area contributed by atoms with Crippen molar-refractivity contribution in [1.82, 2.24) is 10.0 Å². The van der Waals surface area contributed by atoms with E-state index in [0.29, 0.717) is 17.6 Å². The number of hydrogen-bond donors (Lipinski definition) is 2. The van der Waals surface area contributed by atoms with E-state index < -0.39 is 10.0 Å². The largest absolute Gasteiger partial charge is 0.310 e. The maximum Gasteiger partial charge on any atom is 0.240 e. The van der Waals surface area contributed by atoms with Crippen molar-refractivity contribution in [3.05, 3.63) is 28.3 Å². The van der Waals surface area contributed by atoms with Crippen molar-refractivity contribution in [3.8, 4) is 0 Å². The summed E-state index contributed by atoms with van der Waals surface area (Å²) < 4.78 is 26.1. The fourth-order valence-electron chi connectivity index (χ4n) is 1.82. The normalized spacial score (nSPS) is 15.9. The first kappa shape index (κ1) is 13.8. The highest BCUT2D eigenvalue weighted by Gasteiger charge is 2.22. The van der Waals surface area contributed by atoms with E-state index in [9.17, 15) is 8.42 Å². The van der Waals surface area contributed by atoms with Crippen LogP contribution in [0.2, 0.25) is 5.02 Å². The Kier molecular flexibility index (Phi) is 3.96. The molecule has 1 saturated carbocycles. The molecule has 6 heteroatoms. The van der Waals surface area contributed by atoms with E-state index in [1.54, 1.807) is 0 Å². The molecule has 2 rings (SSSR count). The van der Waals surface area contributed by atoms with Crippen LogP contribution in [0.5, 0.6) is 0 Å². The molecule has 0 aliphatic heterocycles. The van der Waals surface area contributed by atoms with Crippen molar-refractivity contribution in [2.45, 2.75) is 37.2 Å². The van der Waals surface area contributed by atoms with Gasteiger partial charge in [-0.25, -0.2) is 13.1 Å². The molecule has 0 aromatic heterocycles. The van der Waals surface area contributed by atoms with Gasteiger partial charge < -0.3 is 5.32 Å². The highest BCUT2D eigenvalue weighted by Crippen LogP contribution is 2.25. The molecular formula is C12H17ClN2O2S. The summed E-state index contributed by atoms with van der Waals surface area (Å²) in [5, 5.41) is 3.81. The smallest absolute Gasteiger partial charge is 0.240 e. The predicted octanol–water partition coefficient (Wildman–Crippen LogP) is 1.81. The molecule has 4 nitrogen and oxygen atoms in total. The van der Waals surface area contributed by atoms with Gasteiger partial charge in [0, 0.05) is 17.6 Å². The SMILES string of the molecule is CNS(=O)(=O)c1cc(Cl)cc(CNC2CC2)c1C. The summed E-state index contributed by atoms with van der Waals surface area (Å²) in [4.78, 5) is 0.255. The second kappa shape index (κ2) is 5.17. The zero-order valence-electron chi connectivity index (χ0n) is 10.5. The van der Waals surface area contributed by atoms with E-state index in [-0.39, 0.29) is 4.90 Å². The molecule has 0 heterocycles. The first-order valence-electron chi connectivity index (χ1n) is 5.90. The van der Waals surface area contributed by atoms with Gasteiger partial charge in [-0.2, -0.15) is 0 Å². The van der Waals surface area contributed by atoms with Crippen molar-refractivity contribution in [2.24, 2.45) is 0 Å². The van der Waals surface area contributed by atoms with Gasteiger partial charge in [0.1, 0.15) is 0 Å². The van der Waals surface area contributed by atoms with Gasteiger partial charge >= 0.3 is 0 Å². The van der Waals surface area contributed by atoms with E-state index >= 15 is 0 Å². The molecule has 0 saturated heterocycles. The third-order valence-electron chi connectivity index (χ3n) is 3.15. The fourth-order valence-corrected chi connectivity index (χ4v) is 3.16. The molecule has 1 aromatic rings. The van der Waals surface area contributed by atoms with Crippen LogP contribution in [0.3, 0.4) is 0 Å². The predicted molar refractivity (Wildman–Crippen MR) is 72.3 cm³/mol. The molecule has 100 valence electrons. The summed E-state index contributed by atoms with van der Waals surface area (Å²) >= 11 is 6.00. The minimum absolute atomic E-state index is 0.255. The van der Waals surface area contributed by atoms with Crippen LogP contribution in [-0.2, 0) is 16.6 Å². The lowest BCUT2D eigenvalue weighted by molar-refractivity contribution is 0.587. The van der Waals surface area contributed by atoms with Crippen molar-refractivity contribution >= 4 is 21.6 Å². The average Bonchev–Trinajstić information content (AvgIpc) is 3.13.